The number of hydrogen-bond acceptors (Lipinski definition) is 10. The monoisotopic (exact) mass is 947 g/mol. The fourth-order valence-electron chi connectivity index (χ4n) is 13.1. The van der Waals surface area contributed by atoms with Gasteiger partial charge in [-0.2, -0.15) is 5.10 Å². The zero-order valence-electron chi connectivity index (χ0n) is 47.6. The van der Waals surface area contributed by atoms with E-state index in [0.29, 0.717) is 38.3 Å². The summed E-state index contributed by atoms with van der Waals surface area (Å²) in [4.78, 5) is 30.6. The number of likely N-dealkylation sites (tertiary alicyclic amines) is 6. The Morgan fingerprint density at radius 2 is 1.01 bits per heavy atom. The lowest BCUT2D eigenvalue weighted by Gasteiger charge is -2.63. The Morgan fingerprint density at radius 1 is 0.544 bits per heavy atom. The molecule has 0 aromatic carbocycles. The second-order valence-corrected chi connectivity index (χ2v) is 29.5. The minimum Gasteiger partial charge on any atom is -0.440 e. The fourth-order valence-corrected chi connectivity index (χ4v) is 13.1. The molecular formula is C56H102N10O2. The molecule has 9 heterocycles. The predicted molar refractivity (Wildman–Crippen MR) is 281 cm³/mol. The molecule has 2 aliphatic carbocycles. The minimum atomic E-state index is -0.184. The molecular weight excluding hydrogens is 845 g/mol. The normalized spacial score (nSPS) is 30.0. The summed E-state index contributed by atoms with van der Waals surface area (Å²) in [5, 5.41) is 4.43. The Kier molecular flexibility index (Phi) is 14.3. The van der Waals surface area contributed by atoms with Gasteiger partial charge in [-0.25, -0.2) is 4.79 Å². The smallest absolute Gasteiger partial charge is 0.410 e. The van der Waals surface area contributed by atoms with Gasteiger partial charge in [0.05, 0.1) is 17.4 Å². The molecule has 1 aromatic heterocycles. The van der Waals surface area contributed by atoms with Crippen molar-refractivity contribution in [2.45, 2.75) is 189 Å². The van der Waals surface area contributed by atoms with Crippen LogP contribution in [0.2, 0.25) is 0 Å². The lowest BCUT2D eigenvalue weighted by atomic mass is 9.68. The quantitative estimate of drug-likeness (QED) is 0.237. The van der Waals surface area contributed by atoms with Gasteiger partial charge in [0.15, 0.2) is 0 Å². The number of rotatable bonds is 0. The first-order valence-electron chi connectivity index (χ1n) is 26.7. The van der Waals surface area contributed by atoms with Gasteiger partial charge in [0.2, 0.25) is 0 Å². The van der Waals surface area contributed by atoms with Crippen LogP contribution < -0.4 is 0 Å². The number of nitrogens with zero attached hydrogens (tertiary/aromatic N) is 10. The van der Waals surface area contributed by atoms with Gasteiger partial charge >= 0.3 is 6.09 Å². The third-order valence-corrected chi connectivity index (χ3v) is 17.8. The Morgan fingerprint density at radius 3 is 1.46 bits per heavy atom. The minimum absolute atomic E-state index is 0.110. The molecule has 2 atom stereocenters. The number of carbonyl (C=O) groups excluding carboxylic acids is 1. The van der Waals surface area contributed by atoms with Crippen LogP contribution in [0.15, 0.2) is 17.8 Å². The summed E-state index contributed by atoms with van der Waals surface area (Å²) < 4.78 is 7.64. The Labute approximate surface area is 416 Å². The molecule has 388 valence electrons. The molecule has 2 unspecified atom stereocenters. The average molecular weight is 947 g/mol. The van der Waals surface area contributed by atoms with E-state index in [2.05, 4.69) is 182 Å². The van der Waals surface area contributed by atoms with Crippen molar-refractivity contribution in [2.75, 3.05) is 113 Å². The van der Waals surface area contributed by atoms with Crippen molar-refractivity contribution in [1.82, 2.24) is 49.0 Å². The van der Waals surface area contributed by atoms with Crippen molar-refractivity contribution < 1.29 is 9.53 Å². The maximum Gasteiger partial charge on any atom is 0.410 e. The summed E-state index contributed by atoms with van der Waals surface area (Å²) in [7, 11) is 8.43. The molecule has 10 aliphatic rings. The summed E-state index contributed by atoms with van der Waals surface area (Å²) in [6.45, 7) is 54.3. The van der Waals surface area contributed by atoms with Crippen LogP contribution in [-0.4, -0.2) is 196 Å². The lowest BCUT2D eigenvalue weighted by molar-refractivity contribution is -0.158. The van der Waals surface area contributed by atoms with Gasteiger partial charge < -0.3 is 19.4 Å². The molecule has 0 bridgehead atoms. The SMILES string of the molecule is CC1=CCC2(CC1)CN(C(C)(C)C)C2.CN1CC2(C1)CN(C(C)(C)C)C2.CN1CC23CN(C(C)(C)C)CC2(C1)C3.CN1CCC2(CN(C(C)(C)C)C2)OC1=O.CN1Cc2cnn(C(C)(C)C)c2C1. The molecule has 11 rings (SSSR count). The molecule has 1 saturated carbocycles. The predicted octanol–water partition coefficient (Wildman–Crippen LogP) is 8.57. The van der Waals surface area contributed by atoms with E-state index in [4.69, 9.17) is 4.74 Å². The number of amides is 1. The molecule has 8 aliphatic heterocycles. The van der Waals surface area contributed by atoms with Gasteiger partial charge in [-0.3, -0.25) is 29.2 Å². The second-order valence-electron chi connectivity index (χ2n) is 29.5. The van der Waals surface area contributed by atoms with Gasteiger partial charge in [-0.15, -0.1) is 0 Å². The molecule has 0 N–H and O–H groups in total. The second kappa shape index (κ2) is 18.2. The maximum absolute atomic E-state index is 11.4. The van der Waals surface area contributed by atoms with Crippen LogP contribution in [0.3, 0.4) is 0 Å². The Bertz CT molecular complexity index is 1940. The molecule has 7 saturated heterocycles. The number of allylic oxidation sites excluding steroid dienone is 2. The van der Waals surface area contributed by atoms with Crippen molar-refractivity contribution in [1.29, 1.82) is 0 Å². The fraction of sp³-hybridized carbons (Fsp3) is 0.893. The highest BCUT2D eigenvalue weighted by Gasteiger charge is 2.75. The van der Waals surface area contributed by atoms with E-state index in [0.717, 1.165) is 39.1 Å². The van der Waals surface area contributed by atoms with Gasteiger partial charge in [0.25, 0.3) is 0 Å². The van der Waals surface area contributed by atoms with Crippen molar-refractivity contribution in [3.05, 3.63) is 29.1 Å². The summed E-state index contributed by atoms with van der Waals surface area (Å²) >= 11 is 0. The van der Waals surface area contributed by atoms with E-state index in [1.807, 2.05) is 6.20 Å². The number of carbonyl (C=O) groups is 1. The third-order valence-electron chi connectivity index (χ3n) is 17.8. The van der Waals surface area contributed by atoms with Gasteiger partial charge in [-0.1, -0.05) is 11.6 Å². The summed E-state index contributed by atoms with van der Waals surface area (Å²) in [6, 6.07) is 0. The van der Waals surface area contributed by atoms with E-state index in [-0.39, 0.29) is 22.8 Å². The highest BCUT2D eigenvalue weighted by atomic mass is 16.6. The highest BCUT2D eigenvalue weighted by Crippen LogP contribution is 2.72. The average Bonchev–Trinajstić information content (AvgIpc) is 3.53. The van der Waals surface area contributed by atoms with Crippen LogP contribution in [0, 0.1) is 21.7 Å². The first-order valence-corrected chi connectivity index (χ1v) is 26.7. The number of fused-ring (bicyclic) bond motifs is 1. The molecule has 1 amide bonds. The third kappa shape index (κ3) is 11.4. The van der Waals surface area contributed by atoms with Gasteiger partial charge in [0.1, 0.15) is 5.60 Å². The lowest BCUT2D eigenvalue weighted by Crippen LogP contribution is -2.73. The number of hydrogen-bond donors (Lipinski definition) is 0. The van der Waals surface area contributed by atoms with Crippen LogP contribution in [0.25, 0.3) is 0 Å². The molecule has 12 heteroatoms. The largest absolute Gasteiger partial charge is 0.440 e. The Balaban J connectivity index is 0.000000126. The van der Waals surface area contributed by atoms with Crippen LogP contribution in [-0.2, 0) is 23.4 Å². The van der Waals surface area contributed by atoms with Gasteiger partial charge in [-0.05, 0) is 163 Å². The zero-order valence-corrected chi connectivity index (χ0v) is 47.6. The first-order chi connectivity index (χ1) is 31.0. The van der Waals surface area contributed by atoms with Crippen molar-refractivity contribution in [2.24, 2.45) is 21.7 Å². The Hall–Kier alpha value is -2.06. The molecule has 8 fully saturated rings. The van der Waals surface area contributed by atoms with Crippen LogP contribution in [0.5, 0.6) is 0 Å². The summed E-state index contributed by atoms with van der Waals surface area (Å²) in [6.07, 6.45) is 10.8. The molecule has 12 nitrogen and oxygen atoms in total. The highest BCUT2D eigenvalue weighted by molar-refractivity contribution is 5.69. The van der Waals surface area contributed by atoms with Crippen molar-refractivity contribution >= 4 is 6.09 Å². The van der Waals surface area contributed by atoms with E-state index < -0.39 is 0 Å². The van der Waals surface area contributed by atoms with E-state index in [1.165, 1.54) is 102 Å². The summed E-state index contributed by atoms with van der Waals surface area (Å²) in [5.74, 6) is 0. The topological polar surface area (TPSA) is 70.0 Å². The first kappa shape index (κ1) is 53.7. The molecule has 68 heavy (non-hydrogen) atoms. The molecule has 0 radical (unpaired) electrons. The van der Waals surface area contributed by atoms with E-state index >= 15 is 0 Å². The number of ether oxygens (including phenoxy) is 1. The molecule has 3 spiro atoms. The van der Waals surface area contributed by atoms with E-state index in [1.54, 1.807) is 17.5 Å². The van der Waals surface area contributed by atoms with Crippen LogP contribution in [0.1, 0.15) is 154 Å². The summed E-state index contributed by atoms with van der Waals surface area (Å²) in [5.41, 5.74) is 8.39. The zero-order chi connectivity index (χ0) is 50.5. The maximum atomic E-state index is 11.4. The van der Waals surface area contributed by atoms with Crippen molar-refractivity contribution in [3.8, 4) is 0 Å². The number of piperidine rings is 2. The molecule has 1 aromatic rings. The van der Waals surface area contributed by atoms with Crippen molar-refractivity contribution in [3.63, 3.8) is 0 Å². The number of aromatic nitrogens is 2. The standard InChI is InChI=1S/C13H23N.C12H22N2.C11H20N2O2.C10H17N3.C10H20N2/c1-11-5-7-13(8-6-11)9-14(10-13)12(2,3)4;1-10(2,3)14-8-11-5-12(11,9-14)7-13(4)6-11;1-10(2,3)13-7-11(8-13)5-6-12(4)9(14)15-11;1-10(2,3)13-9-7-12(4)6-8(9)5-11-13;1-9(2,3)12-7-10(8-12)5-11(4)6-10/h5H,6-10H2,1-4H3;5-9H2,1-4H3;5-8H2,1-4H3;5H,6-7H2,1-4H3;5-8H2,1-4H3. The van der Waals surface area contributed by atoms with E-state index in [9.17, 15) is 4.79 Å². The van der Waals surface area contributed by atoms with Gasteiger partial charge in [0, 0.05) is 156 Å². The van der Waals surface area contributed by atoms with Crippen LogP contribution in [0.4, 0.5) is 4.79 Å². The van der Waals surface area contributed by atoms with Crippen LogP contribution >= 0.6 is 0 Å².